The number of halogens is 3. The van der Waals surface area contributed by atoms with Crippen molar-refractivity contribution in [2.45, 2.75) is 25.7 Å². The van der Waals surface area contributed by atoms with Crippen molar-refractivity contribution in [3.8, 4) is 12.3 Å². The zero-order chi connectivity index (χ0) is 17.3. The first-order chi connectivity index (χ1) is 11.4. The van der Waals surface area contributed by atoms with Gasteiger partial charge in [-0.25, -0.2) is 4.98 Å². The molecular weight excluding hydrogens is 319 g/mol. The normalized spacial score (nSPS) is 14.9. The van der Waals surface area contributed by atoms with Gasteiger partial charge in [-0.2, -0.15) is 13.2 Å². The number of nitrogens with zero attached hydrogens (tertiary/aromatic N) is 2. The van der Waals surface area contributed by atoms with Crippen LogP contribution >= 0.6 is 0 Å². The second-order valence-electron chi connectivity index (χ2n) is 5.64. The molecule has 1 aliphatic heterocycles. The molecule has 0 amide bonds. The van der Waals surface area contributed by atoms with Crippen LogP contribution in [0, 0.1) is 12.3 Å². The lowest BCUT2D eigenvalue weighted by atomic mass is 10.1. The average Bonchev–Trinajstić information content (AvgIpc) is 2.55. The molecule has 0 aliphatic carbocycles. The van der Waals surface area contributed by atoms with E-state index in [4.69, 9.17) is 6.42 Å². The molecule has 0 saturated carbocycles. The van der Waals surface area contributed by atoms with Crippen LogP contribution < -0.4 is 5.56 Å². The number of H-pyrrole nitrogens is 1. The molecule has 0 saturated heterocycles. The van der Waals surface area contributed by atoms with E-state index in [1.54, 1.807) is 0 Å². The van der Waals surface area contributed by atoms with Gasteiger partial charge in [0.1, 0.15) is 0 Å². The van der Waals surface area contributed by atoms with Crippen LogP contribution in [-0.2, 0) is 25.7 Å². The van der Waals surface area contributed by atoms with E-state index in [2.05, 4.69) is 10.9 Å². The van der Waals surface area contributed by atoms with Gasteiger partial charge in [0.2, 0.25) is 5.82 Å². The molecule has 4 nitrogen and oxygen atoms in total. The van der Waals surface area contributed by atoms with Gasteiger partial charge in [-0.3, -0.25) is 9.69 Å². The molecule has 0 unspecified atom stereocenters. The fourth-order valence-corrected chi connectivity index (χ4v) is 2.71. The Kier molecular flexibility index (Phi) is 4.16. The minimum absolute atomic E-state index is 0.227. The van der Waals surface area contributed by atoms with E-state index < -0.39 is 17.6 Å². The smallest absolute Gasteiger partial charge is 0.303 e. The van der Waals surface area contributed by atoms with Crippen molar-refractivity contribution in [3.63, 3.8) is 0 Å². The zero-order valence-electron chi connectivity index (χ0n) is 12.7. The highest BCUT2D eigenvalue weighted by Gasteiger charge is 2.35. The van der Waals surface area contributed by atoms with Gasteiger partial charge in [-0.1, -0.05) is 18.1 Å². The fourth-order valence-electron chi connectivity index (χ4n) is 2.71. The Labute approximate surface area is 136 Å². The maximum atomic E-state index is 12.7. The highest BCUT2D eigenvalue weighted by Crippen LogP contribution is 2.26. The molecule has 7 heteroatoms. The zero-order valence-corrected chi connectivity index (χ0v) is 12.7. The predicted octanol–water partition coefficient (Wildman–Crippen LogP) is 2.33. The molecular formula is C17H14F3N3O. The number of fused-ring (bicyclic) bond motifs is 1. The van der Waals surface area contributed by atoms with Crippen molar-refractivity contribution in [1.29, 1.82) is 0 Å². The molecule has 1 N–H and O–H groups in total. The summed E-state index contributed by atoms with van der Waals surface area (Å²) >= 11 is 0. The van der Waals surface area contributed by atoms with E-state index in [1.807, 2.05) is 34.1 Å². The molecule has 0 atom stereocenters. The third kappa shape index (κ3) is 3.34. The number of hydrogen-bond acceptors (Lipinski definition) is 3. The fraction of sp³-hybridized carbons (Fsp3) is 0.294. The molecule has 2 heterocycles. The summed E-state index contributed by atoms with van der Waals surface area (Å²) < 4.78 is 38.1. The molecule has 0 radical (unpaired) electrons. The molecule has 0 bridgehead atoms. The topological polar surface area (TPSA) is 49.0 Å². The van der Waals surface area contributed by atoms with Gasteiger partial charge in [0.25, 0.3) is 5.56 Å². The van der Waals surface area contributed by atoms with E-state index in [1.165, 1.54) is 0 Å². The Hall–Kier alpha value is -2.59. The Morgan fingerprint density at radius 2 is 2.00 bits per heavy atom. The number of benzene rings is 1. The van der Waals surface area contributed by atoms with Crippen molar-refractivity contribution in [2.75, 3.05) is 6.54 Å². The second-order valence-corrected chi connectivity index (χ2v) is 5.64. The van der Waals surface area contributed by atoms with E-state index in [0.717, 1.165) is 11.1 Å². The highest BCUT2D eigenvalue weighted by atomic mass is 19.4. The quantitative estimate of drug-likeness (QED) is 0.858. The van der Waals surface area contributed by atoms with E-state index in [0.29, 0.717) is 25.1 Å². The predicted molar refractivity (Wildman–Crippen MR) is 82.1 cm³/mol. The van der Waals surface area contributed by atoms with Crippen LogP contribution in [0.3, 0.4) is 0 Å². The SMILES string of the molecule is C#Cc1ccc(CN2CCc3nc(C(F)(F)F)[nH]c(=O)c3C2)cc1. The molecule has 0 fully saturated rings. The average molecular weight is 333 g/mol. The minimum Gasteiger partial charge on any atom is -0.303 e. The number of terminal acetylenes is 1. The second kappa shape index (κ2) is 6.13. The lowest BCUT2D eigenvalue weighted by molar-refractivity contribution is -0.145. The molecule has 1 aromatic heterocycles. The minimum atomic E-state index is -4.65. The maximum absolute atomic E-state index is 12.7. The van der Waals surface area contributed by atoms with Crippen LogP contribution in [0.4, 0.5) is 13.2 Å². The van der Waals surface area contributed by atoms with Crippen molar-refractivity contribution in [3.05, 3.63) is 62.8 Å². The number of hydrogen-bond donors (Lipinski definition) is 1. The number of nitrogens with one attached hydrogen (secondary N) is 1. The van der Waals surface area contributed by atoms with Gasteiger partial charge in [0.15, 0.2) is 0 Å². The van der Waals surface area contributed by atoms with Crippen LogP contribution in [0.2, 0.25) is 0 Å². The first-order valence-electron chi connectivity index (χ1n) is 7.34. The van der Waals surface area contributed by atoms with Crippen molar-refractivity contribution in [1.82, 2.24) is 14.9 Å². The molecule has 24 heavy (non-hydrogen) atoms. The third-order valence-electron chi connectivity index (χ3n) is 3.94. The molecule has 0 spiro atoms. The number of aromatic amines is 1. The summed E-state index contributed by atoms with van der Waals surface area (Å²) in [4.78, 5) is 19.4. The Morgan fingerprint density at radius 3 is 2.62 bits per heavy atom. The lowest BCUT2D eigenvalue weighted by Gasteiger charge is -2.27. The summed E-state index contributed by atoms with van der Waals surface area (Å²) in [6.07, 6.45) is 0.973. The maximum Gasteiger partial charge on any atom is 0.449 e. The number of alkyl halides is 3. The van der Waals surface area contributed by atoms with Crippen molar-refractivity contribution in [2.24, 2.45) is 0 Å². The van der Waals surface area contributed by atoms with Gasteiger partial charge < -0.3 is 4.98 Å². The Morgan fingerprint density at radius 1 is 1.29 bits per heavy atom. The van der Waals surface area contributed by atoms with Crippen LogP contribution in [0.25, 0.3) is 0 Å². The van der Waals surface area contributed by atoms with E-state index in [-0.39, 0.29) is 12.2 Å². The third-order valence-corrected chi connectivity index (χ3v) is 3.94. The summed E-state index contributed by atoms with van der Waals surface area (Å²) in [5, 5.41) is 0. The summed E-state index contributed by atoms with van der Waals surface area (Å²) in [5.41, 5.74) is 1.61. The van der Waals surface area contributed by atoms with Gasteiger partial charge in [0, 0.05) is 31.6 Å². The molecule has 124 valence electrons. The molecule has 2 aromatic rings. The number of aromatic nitrogens is 2. The summed E-state index contributed by atoms with van der Waals surface area (Å²) in [7, 11) is 0. The Bertz CT molecular complexity index is 847. The van der Waals surface area contributed by atoms with E-state index >= 15 is 0 Å². The lowest BCUT2D eigenvalue weighted by Crippen LogP contribution is -2.36. The number of rotatable bonds is 2. The van der Waals surface area contributed by atoms with Gasteiger partial charge in [0.05, 0.1) is 11.3 Å². The van der Waals surface area contributed by atoms with Gasteiger partial charge in [-0.15, -0.1) is 6.42 Å². The van der Waals surface area contributed by atoms with Crippen LogP contribution in [0.1, 0.15) is 28.2 Å². The molecule has 1 aliphatic rings. The van der Waals surface area contributed by atoms with Crippen LogP contribution in [-0.4, -0.2) is 21.4 Å². The standard InChI is InChI=1S/C17H14F3N3O/c1-2-11-3-5-12(6-4-11)9-23-8-7-14-13(10-23)15(24)22-16(21-14)17(18,19)20/h1,3-6H,7-10H2,(H,21,22,24). The molecule has 1 aromatic carbocycles. The first kappa shape index (κ1) is 16.3. The van der Waals surface area contributed by atoms with Crippen molar-refractivity contribution < 1.29 is 13.2 Å². The van der Waals surface area contributed by atoms with Gasteiger partial charge in [-0.05, 0) is 17.7 Å². The van der Waals surface area contributed by atoms with E-state index in [9.17, 15) is 18.0 Å². The highest BCUT2D eigenvalue weighted by molar-refractivity contribution is 5.34. The summed E-state index contributed by atoms with van der Waals surface area (Å²) in [6, 6.07) is 7.47. The van der Waals surface area contributed by atoms with Gasteiger partial charge >= 0.3 is 6.18 Å². The monoisotopic (exact) mass is 333 g/mol. The summed E-state index contributed by atoms with van der Waals surface area (Å²) in [5.74, 6) is 1.30. The molecule has 3 rings (SSSR count). The van der Waals surface area contributed by atoms with Crippen LogP contribution in [0.5, 0.6) is 0 Å². The largest absolute Gasteiger partial charge is 0.449 e. The van der Waals surface area contributed by atoms with Crippen molar-refractivity contribution >= 4 is 0 Å². The Balaban J connectivity index is 1.79. The summed E-state index contributed by atoms with van der Waals surface area (Å²) in [6.45, 7) is 1.40. The van der Waals surface area contributed by atoms with Crippen LogP contribution in [0.15, 0.2) is 29.1 Å². The first-order valence-corrected chi connectivity index (χ1v) is 7.34.